The van der Waals surface area contributed by atoms with Gasteiger partial charge in [0.05, 0.1) is 14.2 Å². The number of methoxy groups -OCH3 is 2. The lowest BCUT2D eigenvalue weighted by molar-refractivity contribution is -0.119. The molecule has 1 amide bonds. The Morgan fingerprint density at radius 1 is 1.20 bits per heavy atom. The van der Waals surface area contributed by atoms with Crippen molar-refractivity contribution >= 4 is 29.4 Å². The molecule has 2 aromatic rings. The number of anilines is 1. The zero-order valence-electron chi connectivity index (χ0n) is 17.2. The van der Waals surface area contributed by atoms with E-state index in [9.17, 15) is 9.59 Å². The Kier molecular flexibility index (Phi) is 6.84. The number of amides is 1. The van der Waals surface area contributed by atoms with E-state index < -0.39 is 12.2 Å². The van der Waals surface area contributed by atoms with Crippen molar-refractivity contribution in [1.82, 2.24) is 0 Å². The van der Waals surface area contributed by atoms with Gasteiger partial charge in [0.25, 0.3) is 0 Å². The lowest BCUT2D eigenvalue weighted by Crippen LogP contribution is -2.37. The summed E-state index contributed by atoms with van der Waals surface area (Å²) in [5, 5.41) is 0.331. The highest BCUT2D eigenvalue weighted by molar-refractivity contribution is 6.31. The fraction of sp³-hybridized carbons (Fsp3) is 0.364. The summed E-state index contributed by atoms with van der Waals surface area (Å²) >= 11 is 6.39. The first-order chi connectivity index (χ1) is 14.3. The Balaban J connectivity index is 1.78. The smallest absolute Gasteiger partial charge is 0.497 e. The van der Waals surface area contributed by atoms with Crippen molar-refractivity contribution in [3.8, 4) is 11.5 Å². The van der Waals surface area contributed by atoms with Crippen LogP contribution in [0.2, 0.25) is 5.02 Å². The monoisotopic (exact) mass is 432 g/mol. The van der Waals surface area contributed by atoms with Crippen molar-refractivity contribution in [3.63, 3.8) is 0 Å². The number of aryl methyl sites for hydroxylation is 2. The molecule has 2 aromatic carbocycles. The quantitative estimate of drug-likeness (QED) is 0.563. The minimum Gasteiger partial charge on any atom is -0.497 e. The number of nitrogens with zero attached hydrogens (tertiary/aromatic N) is 1. The molecule has 0 spiro atoms. The van der Waals surface area contributed by atoms with Crippen LogP contribution < -0.4 is 20.1 Å². The highest BCUT2D eigenvalue weighted by atomic mass is 35.5. The predicted octanol–water partition coefficient (Wildman–Crippen LogP) is 4.17. The zero-order valence-corrected chi connectivity index (χ0v) is 18.0. The average Bonchev–Trinajstić information content (AvgIpc) is 2.72. The molecule has 1 heterocycles. The number of fused-ring (bicyclic) bond motifs is 1. The number of hydrogen-bond donors (Lipinski definition) is 1. The number of rotatable bonds is 5. The molecule has 0 aliphatic carbocycles. The first-order valence-electron chi connectivity index (χ1n) is 9.62. The van der Waals surface area contributed by atoms with E-state index in [1.54, 1.807) is 25.0 Å². The van der Waals surface area contributed by atoms with Gasteiger partial charge in [-0.25, -0.2) is 4.79 Å². The second kappa shape index (κ2) is 9.36. The van der Waals surface area contributed by atoms with E-state index in [2.05, 4.69) is 4.74 Å². The van der Waals surface area contributed by atoms with Crippen LogP contribution in [0.5, 0.6) is 11.5 Å². The van der Waals surface area contributed by atoms with Crippen molar-refractivity contribution in [1.29, 1.82) is 0 Å². The van der Waals surface area contributed by atoms with Gasteiger partial charge in [0.2, 0.25) is 5.91 Å². The van der Waals surface area contributed by atoms with Crippen LogP contribution in [0.15, 0.2) is 30.3 Å². The van der Waals surface area contributed by atoms with Crippen LogP contribution in [0.4, 0.5) is 10.5 Å². The fourth-order valence-electron chi connectivity index (χ4n) is 3.75. The maximum Gasteiger partial charge on any atom is 0.513 e. The topological polar surface area (TPSA) is 91.1 Å². The molecule has 30 heavy (non-hydrogen) atoms. The number of carbonyl (C=O) groups is 2. The third-order valence-corrected chi connectivity index (χ3v) is 5.46. The molecular formula is C22H25ClN2O5. The molecule has 0 aromatic heterocycles. The van der Waals surface area contributed by atoms with Crippen LogP contribution in [0, 0.1) is 6.92 Å². The number of nitrogens with two attached hydrogens (primary N) is 1. The van der Waals surface area contributed by atoms with E-state index in [1.165, 1.54) is 13.2 Å². The lowest BCUT2D eigenvalue weighted by atomic mass is 9.96. The number of benzene rings is 2. The predicted molar refractivity (Wildman–Crippen MR) is 114 cm³/mol. The second-order valence-electron chi connectivity index (χ2n) is 7.15. The molecule has 0 saturated carbocycles. The Bertz CT molecular complexity index is 940. The van der Waals surface area contributed by atoms with Gasteiger partial charge < -0.3 is 24.8 Å². The maximum atomic E-state index is 13.1. The summed E-state index contributed by atoms with van der Waals surface area (Å²) in [6.45, 7) is 2.45. The summed E-state index contributed by atoms with van der Waals surface area (Å²) in [5.74, 6) is 0.959. The van der Waals surface area contributed by atoms with Gasteiger partial charge in [-0.1, -0.05) is 11.6 Å². The number of carbonyl (C=O) groups excluding carboxylic acids is 2. The number of ether oxygens (including phenoxy) is 3. The molecule has 7 nitrogen and oxygen atoms in total. The second-order valence-corrected chi connectivity index (χ2v) is 7.55. The molecule has 8 heteroatoms. The van der Waals surface area contributed by atoms with Gasteiger partial charge in [0.1, 0.15) is 11.5 Å². The van der Waals surface area contributed by atoms with E-state index in [-0.39, 0.29) is 18.1 Å². The molecule has 1 unspecified atom stereocenters. The fourth-order valence-corrected chi connectivity index (χ4v) is 4.15. The molecule has 1 atom stereocenters. The van der Waals surface area contributed by atoms with E-state index in [0.717, 1.165) is 35.4 Å². The SMILES string of the molecule is COC(=O)Oc1cc(C)c(C(N)CC(=O)N2CCCc3cc(OC)ccc32)c(Cl)c1. The van der Waals surface area contributed by atoms with Crippen molar-refractivity contribution < 1.29 is 23.8 Å². The van der Waals surface area contributed by atoms with E-state index in [4.69, 9.17) is 26.8 Å². The molecule has 0 fully saturated rings. The first-order valence-corrected chi connectivity index (χ1v) is 10.0. The van der Waals surface area contributed by atoms with Gasteiger partial charge in [0.15, 0.2) is 0 Å². The molecule has 0 radical (unpaired) electrons. The zero-order chi connectivity index (χ0) is 21.8. The molecule has 1 aliphatic rings. The van der Waals surface area contributed by atoms with E-state index >= 15 is 0 Å². The Morgan fingerprint density at radius 3 is 2.63 bits per heavy atom. The largest absolute Gasteiger partial charge is 0.513 e. The first kappa shape index (κ1) is 21.9. The lowest BCUT2D eigenvalue weighted by Gasteiger charge is -2.31. The molecule has 3 rings (SSSR count). The molecule has 2 N–H and O–H groups in total. The summed E-state index contributed by atoms with van der Waals surface area (Å²) in [6, 6.07) is 8.27. The van der Waals surface area contributed by atoms with Crippen LogP contribution >= 0.6 is 11.6 Å². The Morgan fingerprint density at radius 2 is 1.97 bits per heavy atom. The molecule has 0 bridgehead atoms. The normalized spacial score (nSPS) is 14.0. The molecule has 160 valence electrons. The van der Waals surface area contributed by atoms with Gasteiger partial charge in [-0.2, -0.15) is 0 Å². The standard InChI is InChI=1S/C22H25ClN2O5/c1-13-9-16(30-22(27)29-3)11-17(23)21(13)18(24)12-20(26)25-8-4-5-14-10-15(28-2)6-7-19(14)25/h6-7,9-11,18H,4-5,8,12,24H2,1-3H3. The van der Waals surface area contributed by atoms with Crippen molar-refractivity contribution in [2.45, 2.75) is 32.2 Å². The molecular weight excluding hydrogens is 408 g/mol. The van der Waals surface area contributed by atoms with Gasteiger partial charge >= 0.3 is 6.16 Å². The molecule has 1 aliphatic heterocycles. The maximum absolute atomic E-state index is 13.1. The average molecular weight is 433 g/mol. The van der Waals surface area contributed by atoms with E-state index in [1.807, 2.05) is 18.2 Å². The van der Waals surface area contributed by atoms with Crippen LogP contribution in [0.1, 0.15) is 35.6 Å². The highest BCUT2D eigenvalue weighted by Gasteiger charge is 2.26. The van der Waals surface area contributed by atoms with Crippen LogP contribution in [-0.2, 0) is 16.0 Å². The van der Waals surface area contributed by atoms with Gasteiger partial charge in [-0.3, -0.25) is 4.79 Å². The van der Waals surface area contributed by atoms with Crippen molar-refractivity contribution in [2.75, 3.05) is 25.7 Å². The summed E-state index contributed by atoms with van der Waals surface area (Å²) in [5.41, 5.74) is 9.71. The summed E-state index contributed by atoms with van der Waals surface area (Å²) in [7, 11) is 2.85. The highest BCUT2D eigenvalue weighted by Crippen LogP contribution is 2.34. The van der Waals surface area contributed by atoms with Gasteiger partial charge in [-0.05, 0) is 60.7 Å². The molecule has 0 saturated heterocycles. The Labute approximate surface area is 180 Å². The van der Waals surface area contributed by atoms with Crippen LogP contribution in [-0.4, -0.2) is 32.8 Å². The van der Waals surface area contributed by atoms with Gasteiger partial charge in [0, 0.05) is 35.8 Å². The van der Waals surface area contributed by atoms with Crippen LogP contribution in [0.3, 0.4) is 0 Å². The van der Waals surface area contributed by atoms with Crippen molar-refractivity contribution in [3.05, 3.63) is 52.0 Å². The minimum atomic E-state index is -0.835. The summed E-state index contributed by atoms with van der Waals surface area (Å²) in [4.78, 5) is 26.1. The van der Waals surface area contributed by atoms with Crippen LogP contribution in [0.25, 0.3) is 0 Å². The third-order valence-electron chi connectivity index (χ3n) is 5.15. The van der Waals surface area contributed by atoms with Crippen molar-refractivity contribution in [2.24, 2.45) is 5.73 Å². The van der Waals surface area contributed by atoms with Gasteiger partial charge in [-0.15, -0.1) is 0 Å². The third kappa shape index (κ3) is 4.68. The Hall–Kier alpha value is -2.77. The van der Waals surface area contributed by atoms with E-state index in [0.29, 0.717) is 17.1 Å². The number of halogens is 1. The summed E-state index contributed by atoms with van der Waals surface area (Å²) < 4.78 is 14.8. The summed E-state index contributed by atoms with van der Waals surface area (Å²) in [6.07, 6.45) is 1.04. The number of hydrogen-bond acceptors (Lipinski definition) is 6. The minimum absolute atomic E-state index is 0.0704.